The molecule has 110 valence electrons. The molecule has 0 fully saturated rings. The average Bonchev–Trinajstić information content (AvgIpc) is 2.46. The van der Waals surface area contributed by atoms with Gasteiger partial charge in [-0.05, 0) is 18.9 Å². The second-order valence-corrected chi connectivity index (χ2v) is 4.76. The number of halogens is 1. The van der Waals surface area contributed by atoms with Crippen molar-refractivity contribution in [2.45, 2.75) is 32.4 Å². The first-order valence-electron chi connectivity index (χ1n) is 6.51. The molecule has 1 aromatic carbocycles. The number of hydroxylamine groups is 1. The Morgan fingerprint density at radius 3 is 2.70 bits per heavy atom. The number of alkyl halides is 1. The first-order chi connectivity index (χ1) is 9.67. The van der Waals surface area contributed by atoms with Crippen molar-refractivity contribution >= 4 is 23.3 Å². The molecular formula is C14H20ClN3O2. The van der Waals surface area contributed by atoms with Crippen molar-refractivity contribution in [3.8, 4) is 0 Å². The lowest BCUT2D eigenvalue weighted by Crippen LogP contribution is -2.44. The highest BCUT2D eigenvalue weighted by atomic mass is 35.5. The van der Waals surface area contributed by atoms with E-state index in [4.69, 9.17) is 16.8 Å². The largest absolute Gasteiger partial charge is 0.346 e. The van der Waals surface area contributed by atoms with Gasteiger partial charge < -0.3 is 5.32 Å². The minimum absolute atomic E-state index is 0.110. The molecule has 0 radical (unpaired) electrons. The fraction of sp³-hybridized carbons (Fsp3) is 0.429. The van der Waals surface area contributed by atoms with Gasteiger partial charge in [-0.25, -0.2) is 0 Å². The Bertz CT molecular complexity index is 437. The summed E-state index contributed by atoms with van der Waals surface area (Å²) in [6.07, 6.45) is 0.994. The summed E-state index contributed by atoms with van der Waals surface area (Å²) in [6.45, 7) is 2.19. The maximum Gasteiger partial charge on any atom is 0.220 e. The molecule has 1 aromatic rings. The third-order valence-electron chi connectivity index (χ3n) is 2.71. The van der Waals surface area contributed by atoms with Gasteiger partial charge in [0, 0.05) is 12.3 Å². The molecular weight excluding hydrogens is 278 g/mol. The van der Waals surface area contributed by atoms with E-state index in [9.17, 15) is 4.79 Å². The summed E-state index contributed by atoms with van der Waals surface area (Å²) in [5.41, 5.74) is 3.07. The summed E-state index contributed by atoms with van der Waals surface area (Å²) in [5, 5.41) is 11.9. The highest BCUT2D eigenvalue weighted by molar-refractivity contribution is 6.17. The van der Waals surface area contributed by atoms with E-state index in [1.807, 2.05) is 35.8 Å². The number of nitrogens with one attached hydrogen (secondary N) is 2. The molecule has 0 bridgehead atoms. The third-order valence-corrected chi connectivity index (χ3v) is 2.98. The second kappa shape index (κ2) is 9.34. The first kappa shape index (κ1) is 16.5. The predicted molar refractivity (Wildman–Crippen MR) is 80.1 cm³/mol. The summed E-state index contributed by atoms with van der Waals surface area (Å²) in [7, 11) is 0. The maximum absolute atomic E-state index is 11.6. The van der Waals surface area contributed by atoms with Crippen molar-refractivity contribution < 1.29 is 10.0 Å². The molecule has 0 aromatic heterocycles. The summed E-state index contributed by atoms with van der Waals surface area (Å²) >= 11 is 5.53. The Balaban J connectivity index is 2.53. The van der Waals surface area contributed by atoms with Crippen molar-refractivity contribution in [1.29, 1.82) is 0 Å². The van der Waals surface area contributed by atoms with Crippen molar-refractivity contribution in [1.82, 2.24) is 10.8 Å². The average molecular weight is 298 g/mol. The number of amides is 1. The molecule has 1 rings (SSSR count). The fourth-order valence-electron chi connectivity index (χ4n) is 1.64. The van der Waals surface area contributed by atoms with Crippen LogP contribution in [0.4, 0.5) is 0 Å². The van der Waals surface area contributed by atoms with Gasteiger partial charge in [-0.1, -0.05) is 30.3 Å². The van der Waals surface area contributed by atoms with Crippen LogP contribution >= 0.6 is 11.6 Å². The Labute approximate surface area is 124 Å². The van der Waals surface area contributed by atoms with Crippen LogP contribution in [0.3, 0.4) is 0 Å². The number of carbonyl (C=O) groups is 1. The molecule has 0 aliphatic carbocycles. The zero-order valence-corrected chi connectivity index (χ0v) is 12.2. The highest BCUT2D eigenvalue weighted by Gasteiger charge is 2.12. The van der Waals surface area contributed by atoms with E-state index in [1.54, 1.807) is 6.92 Å². The molecule has 0 saturated carbocycles. The summed E-state index contributed by atoms with van der Waals surface area (Å²) < 4.78 is 0. The molecule has 0 aliphatic heterocycles. The zero-order valence-electron chi connectivity index (χ0n) is 11.5. The highest BCUT2D eigenvalue weighted by Crippen LogP contribution is 2.01. The molecule has 20 heavy (non-hydrogen) atoms. The molecule has 1 atom stereocenters. The lowest BCUT2D eigenvalue weighted by atomic mass is 10.2. The van der Waals surface area contributed by atoms with Gasteiger partial charge in [0.2, 0.25) is 5.91 Å². The minimum Gasteiger partial charge on any atom is -0.346 e. The van der Waals surface area contributed by atoms with Gasteiger partial charge in [-0.2, -0.15) is 0 Å². The van der Waals surface area contributed by atoms with Gasteiger partial charge in [-0.3, -0.25) is 20.5 Å². The summed E-state index contributed by atoms with van der Waals surface area (Å²) in [6, 6.07) is 9.29. The fourth-order valence-corrected chi connectivity index (χ4v) is 1.77. The van der Waals surface area contributed by atoms with E-state index < -0.39 is 0 Å². The zero-order chi connectivity index (χ0) is 14.8. The van der Waals surface area contributed by atoms with E-state index in [1.165, 1.54) is 0 Å². The lowest BCUT2D eigenvalue weighted by molar-refractivity contribution is -0.121. The van der Waals surface area contributed by atoms with E-state index in [0.717, 1.165) is 5.56 Å². The van der Waals surface area contributed by atoms with E-state index in [0.29, 0.717) is 31.1 Å². The molecule has 0 unspecified atom stereocenters. The van der Waals surface area contributed by atoms with Crippen molar-refractivity contribution in [3.63, 3.8) is 0 Å². The lowest BCUT2D eigenvalue weighted by Gasteiger charge is -2.15. The second-order valence-electron chi connectivity index (χ2n) is 4.38. The number of hydrogen-bond donors (Lipinski definition) is 3. The Hall–Kier alpha value is -1.59. The maximum atomic E-state index is 11.6. The SMILES string of the molecule is C[C@H](NC(=O)CCCCl)C(=NCc1ccccc1)NO. The first-order valence-corrected chi connectivity index (χ1v) is 7.04. The number of rotatable bonds is 7. The van der Waals surface area contributed by atoms with Crippen LogP contribution in [-0.2, 0) is 11.3 Å². The van der Waals surface area contributed by atoms with Crippen LogP contribution in [0.5, 0.6) is 0 Å². The van der Waals surface area contributed by atoms with Gasteiger partial charge in [0.15, 0.2) is 0 Å². The predicted octanol–water partition coefficient (Wildman–Crippen LogP) is 2.09. The molecule has 0 saturated heterocycles. The van der Waals surface area contributed by atoms with Crippen molar-refractivity contribution in [2.75, 3.05) is 5.88 Å². The van der Waals surface area contributed by atoms with Crippen LogP contribution in [0.1, 0.15) is 25.3 Å². The quantitative estimate of drug-likeness (QED) is 0.312. The summed E-state index contributed by atoms with van der Waals surface area (Å²) in [5.74, 6) is 0.670. The normalized spacial score (nSPS) is 12.8. The van der Waals surface area contributed by atoms with Crippen LogP contribution in [0.2, 0.25) is 0 Å². The summed E-state index contributed by atoms with van der Waals surface area (Å²) in [4.78, 5) is 15.8. The number of hydrogen-bond acceptors (Lipinski definition) is 3. The van der Waals surface area contributed by atoms with E-state index in [-0.39, 0.29) is 11.9 Å². The van der Waals surface area contributed by atoms with Gasteiger partial charge in [0.05, 0.1) is 12.6 Å². The number of nitrogens with zero attached hydrogens (tertiary/aromatic N) is 1. The molecule has 0 aliphatic rings. The molecule has 5 nitrogen and oxygen atoms in total. The number of amidine groups is 1. The minimum atomic E-state index is -0.383. The van der Waals surface area contributed by atoms with Crippen molar-refractivity contribution in [3.05, 3.63) is 35.9 Å². The van der Waals surface area contributed by atoms with Crippen LogP contribution in [0, 0.1) is 0 Å². The molecule has 6 heteroatoms. The Kier molecular flexibility index (Phi) is 7.69. The topological polar surface area (TPSA) is 73.7 Å². The van der Waals surface area contributed by atoms with Crippen LogP contribution in [-0.4, -0.2) is 28.9 Å². The van der Waals surface area contributed by atoms with E-state index >= 15 is 0 Å². The van der Waals surface area contributed by atoms with Crippen LogP contribution in [0.15, 0.2) is 35.3 Å². The number of aliphatic imine (C=N–C) groups is 1. The molecule has 0 heterocycles. The third kappa shape index (κ3) is 6.04. The van der Waals surface area contributed by atoms with Crippen LogP contribution < -0.4 is 10.8 Å². The molecule has 3 N–H and O–H groups in total. The van der Waals surface area contributed by atoms with Gasteiger partial charge >= 0.3 is 0 Å². The van der Waals surface area contributed by atoms with Gasteiger partial charge in [-0.15, -0.1) is 11.6 Å². The smallest absolute Gasteiger partial charge is 0.220 e. The number of benzene rings is 1. The van der Waals surface area contributed by atoms with Gasteiger partial charge in [0.1, 0.15) is 5.84 Å². The number of carbonyl (C=O) groups excluding carboxylic acids is 1. The van der Waals surface area contributed by atoms with Crippen LogP contribution in [0.25, 0.3) is 0 Å². The Morgan fingerprint density at radius 1 is 1.40 bits per heavy atom. The standard InChI is InChI=1S/C14H20ClN3O2/c1-11(17-13(19)8-5-9-15)14(18-20)16-10-12-6-3-2-4-7-12/h2-4,6-7,11,20H,5,8-10H2,1H3,(H,16,18)(H,17,19)/t11-/m0/s1. The Morgan fingerprint density at radius 2 is 2.10 bits per heavy atom. The van der Waals surface area contributed by atoms with Crippen molar-refractivity contribution in [2.24, 2.45) is 4.99 Å². The monoisotopic (exact) mass is 297 g/mol. The molecule has 0 spiro atoms. The van der Waals surface area contributed by atoms with Gasteiger partial charge in [0.25, 0.3) is 0 Å². The molecule has 1 amide bonds. The van der Waals surface area contributed by atoms with E-state index in [2.05, 4.69) is 10.3 Å².